The molecule has 1 aromatic heterocycles. The predicted octanol–water partition coefficient (Wildman–Crippen LogP) is 1.44. The Balaban J connectivity index is 2.15. The van der Waals surface area contributed by atoms with Crippen LogP contribution in [0.4, 0.5) is 0 Å². The molecule has 0 aliphatic carbocycles. The van der Waals surface area contributed by atoms with E-state index in [1.807, 2.05) is 17.5 Å². The number of likely N-dealkylation sites (tertiary alicyclic amines) is 1. The van der Waals surface area contributed by atoms with Gasteiger partial charge in [-0.1, -0.05) is 6.07 Å². The van der Waals surface area contributed by atoms with E-state index in [1.54, 1.807) is 23.9 Å². The first kappa shape index (κ1) is 12.1. The fourth-order valence-corrected chi connectivity index (χ4v) is 2.79. The Kier molecular flexibility index (Phi) is 3.47. The summed E-state index contributed by atoms with van der Waals surface area (Å²) < 4.78 is 0. The van der Waals surface area contributed by atoms with E-state index < -0.39 is 0 Å². The van der Waals surface area contributed by atoms with Crippen LogP contribution in [0.15, 0.2) is 17.5 Å². The summed E-state index contributed by atoms with van der Waals surface area (Å²) in [7, 11) is 3.46. The maximum atomic E-state index is 12.2. The molecule has 0 aromatic carbocycles. The van der Waals surface area contributed by atoms with Crippen LogP contribution in [0, 0.1) is 0 Å². The van der Waals surface area contributed by atoms with Gasteiger partial charge in [0.05, 0.1) is 4.88 Å². The van der Waals surface area contributed by atoms with Crippen LogP contribution in [0.5, 0.6) is 0 Å². The number of thiophene rings is 1. The summed E-state index contributed by atoms with van der Waals surface area (Å²) in [6, 6.07) is 3.39. The van der Waals surface area contributed by atoms with E-state index in [1.165, 1.54) is 11.3 Å². The predicted molar refractivity (Wildman–Crippen MR) is 67.1 cm³/mol. The van der Waals surface area contributed by atoms with Crippen molar-refractivity contribution in [2.75, 3.05) is 20.6 Å². The molecule has 0 N–H and O–H groups in total. The third-order valence-corrected chi connectivity index (χ3v) is 3.83. The molecule has 1 atom stereocenters. The van der Waals surface area contributed by atoms with Crippen LogP contribution in [0.2, 0.25) is 0 Å². The zero-order chi connectivity index (χ0) is 12.4. The van der Waals surface area contributed by atoms with E-state index in [0.717, 1.165) is 12.8 Å². The van der Waals surface area contributed by atoms with Crippen molar-refractivity contribution in [3.8, 4) is 0 Å². The van der Waals surface area contributed by atoms with Gasteiger partial charge in [-0.25, -0.2) is 0 Å². The number of rotatable bonds is 2. The lowest BCUT2D eigenvalue weighted by atomic mass is 10.2. The standard InChI is InChI=1S/C12H16N2O2S/c1-13(2)11(15)9-5-3-7-14(9)12(16)10-6-4-8-17-10/h4,6,8-9H,3,5,7H2,1-2H3/t9-/m1/s1. The average molecular weight is 252 g/mol. The number of amides is 2. The van der Waals surface area contributed by atoms with Crippen LogP contribution in [-0.2, 0) is 4.79 Å². The minimum absolute atomic E-state index is 0.0160. The van der Waals surface area contributed by atoms with Crippen molar-refractivity contribution in [1.29, 1.82) is 0 Å². The van der Waals surface area contributed by atoms with Gasteiger partial charge in [0.1, 0.15) is 6.04 Å². The van der Waals surface area contributed by atoms with Crippen molar-refractivity contribution in [3.05, 3.63) is 22.4 Å². The molecule has 0 saturated carbocycles. The Morgan fingerprint density at radius 3 is 2.82 bits per heavy atom. The maximum absolute atomic E-state index is 12.2. The highest BCUT2D eigenvalue weighted by Crippen LogP contribution is 2.23. The van der Waals surface area contributed by atoms with Gasteiger partial charge in [0, 0.05) is 20.6 Å². The third kappa shape index (κ3) is 2.34. The Labute approximate surface area is 105 Å². The van der Waals surface area contributed by atoms with Crippen LogP contribution in [-0.4, -0.2) is 48.3 Å². The summed E-state index contributed by atoms with van der Waals surface area (Å²) in [4.78, 5) is 28.2. The first-order chi connectivity index (χ1) is 8.11. The van der Waals surface area contributed by atoms with Crippen molar-refractivity contribution in [2.45, 2.75) is 18.9 Å². The summed E-state index contributed by atoms with van der Waals surface area (Å²) in [5.74, 6) is 0.00473. The molecule has 0 radical (unpaired) electrons. The van der Waals surface area contributed by atoms with E-state index in [2.05, 4.69) is 0 Å². The largest absolute Gasteiger partial charge is 0.347 e. The Morgan fingerprint density at radius 2 is 2.24 bits per heavy atom. The lowest BCUT2D eigenvalue weighted by Gasteiger charge is -2.25. The molecule has 2 rings (SSSR count). The van der Waals surface area contributed by atoms with Gasteiger partial charge in [-0.05, 0) is 24.3 Å². The number of hydrogen-bond donors (Lipinski definition) is 0. The highest BCUT2D eigenvalue weighted by molar-refractivity contribution is 7.12. The Bertz CT molecular complexity index is 414. The second-order valence-corrected chi connectivity index (χ2v) is 5.31. The molecular formula is C12H16N2O2S. The van der Waals surface area contributed by atoms with Crippen molar-refractivity contribution in [1.82, 2.24) is 9.80 Å². The van der Waals surface area contributed by atoms with Gasteiger partial charge in [0.25, 0.3) is 5.91 Å². The number of likely N-dealkylation sites (N-methyl/N-ethyl adjacent to an activating group) is 1. The maximum Gasteiger partial charge on any atom is 0.264 e. The smallest absolute Gasteiger partial charge is 0.264 e. The fourth-order valence-electron chi connectivity index (χ4n) is 2.11. The van der Waals surface area contributed by atoms with Gasteiger partial charge in [0.2, 0.25) is 5.91 Å². The SMILES string of the molecule is CN(C)C(=O)[C@H]1CCCN1C(=O)c1cccs1. The number of nitrogens with zero attached hydrogens (tertiary/aromatic N) is 2. The summed E-state index contributed by atoms with van der Waals surface area (Å²) >= 11 is 1.42. The molecule has 17 heavy (non-hydrogen) atoms. The molecule has 0 spiro atoms. The zero-order valence-corrected chi connectivity index (χ0v) is 10.9. The highest BCUT2D eigenvalue weighted by Gasteiger charge is 2.35. The molecule has 1 aliphatic rings. The molecule has 4 nitrogen and oxygen atoms in total. The first-order valence-corrected chi connectivity index (χ1v) is 6.55. The van der Waals surface area contributed by atoms with Crippen molar-refractivity contribution >= 4 is 23.2 Å². The van der Waals surface area contributed by atoms with E-state index >= 15 is 0 Å². The third-order valence-electron chi connectivity index (χ3n) is 2.97. The van der Waals surface area contributed by atoms with Crippen molar-refractivity contribution < 1.29 is 9.59 Å². The van der Waals surface area contributed by atoms with Crippen LogP contribution in [0.3, 0.4) is 0 Å². The second-order valence-electron chi connectivity index (χ2n) is 4.37. The van der Waals surface area contributed by atoms with Gasteiger partial charge in [-0.3, -0.25) is 9.59 Å². The molecular weight excluding hydrogens is 236 g/mol. The van der Waals surface area contributed by atoms with Gasteiger partial charge >= 0.3 is 0 Å². The van der Waals surface area contributed by atoms with Gasteiger partial charge in [-0.2, -0.15) is 0 Å². The summed E-state index contributed by atoms with van der Waals surface area (Å²) in [5, 5.41) is 1.88. The van der Waals surface area contributed by atoms with Gasteiger partial charge in [0.15, 0.2) is 0 Å². The molecule has 1 aromatic rings. The van der Waals surface area contributed by atoms with Crippen LogP contribution in [0.25, 0.3) is 0 Å². The van der Waals surface area contributed by atoms with E-state index in [-0.39, 0.29) is 17.9 Å². The molecule has 5 heteroatoms. The second kappa shape index (κ2) is 4.87. The van der Waals surface area contributed by atoms with E-state index in [4.69, 9.17) is 0 Å². The monoisotopic (exact) mass is 252 g/mol. The lowest BCUT2D eigenvalue weighted by molar-refractivity contribution is -0.132. The summed E-state index contributed by atoms with van der Waals surface area (Å²) in [6.45, 7) is 0.682. The number of hydrogen-bond acceptors (Lipinski definition) is 3. The molecule has 1 saturated heterocycles. The lowest BCUT2D eigenvalue weighted by Crippen LogP contribution is -2.45. The van der Waals surface area contributed by atoms with Gasteiger partial charge in [-0.15, -0.1) is 11.3 Å². The summed E-state index contributed by atoms with van der Waals surface area (Å²) in [6.07, 6.45) is 1.68. The molecule has 2 amide bonds. The topological polar surface area (TPSA) is 40.6 Å². The van der Waals surface area contributed by atoms with E-state index in [0.29, 0.717) is 11.4 Å². The average Bonchev–Trinajstić information content (AvgIpc) is 2.97. The molecule has 0 unspecified atom stereocenters. The molecule has 1 fully saturated rings. The molecule has 92 valence electrons. The van der Waals surface area contributed by atoms with Crippen molar-refractivity contribution in [2.24, 2.45) is 0 Å². The van der Waals surface area contributed by atoms with Crippen LogP contribution in [0.1, 0.15) is 22.5 Å². The number of carbonyl (C=O) groups is 2. The summed E-state index contributed by atoms with van der Waals surface area (Å²) in [5.41, 5.74) is 0. The first-order valence-electron chi connectivity index (χ1n) is 5.67. The molecule has 1 aliphatic heterocycles. The Hall–Kier alpha value is -1.36. The van der Waals surface area contributed by atoms with Gasteiger partial charge < -0.3 is 9.80 Å². The minimum Gasteiger partial charge on any atom is -0.347 e. The molecule has 2 heterocycles. The normalized spacial score (nSPS) is 19.4. The quantitative estimate of drug-likeness (QED) is 0.799. The Morgan fingerprint density at radius 1 is 1.47 bits per heavy atom. The van der Waals surface area contributed by atoms with E-state index in [9.17, 15) is 9.59 Å². The fraction of sp³-hybridized carbons (Fsp3) is 0.500. The van der Waals surface area contributed by atoms with Crippen molar-refractivity contribution in [3.63, 3.8) is 0 Å². The van der Waals surface area contributed by atoms with Crippen LogP contribution < -0.4 is 0 Å². The minimum atomic E-state index is -0.278. The zero-order valence-electron chi connectivity index (χ0n) is 10.0. The molecule has 0 bridgehead atoms. The number of carbonyl (C=O) groups excluding carboxylic acids is 2. The highest BCUT2D eigenvalue weighted by atomic mass is 32.1. The van der Waals surface area contributed by atoms with Crippen LogP contribution >= 0.6 is 11.3 Å².